The number of benzene rings is 1. The Labute approximate surface area is 174 Å². The van der Waals surface area contributed by atoms with Crippen LogP contribution < -0.4 is 4.73 Å². The highest BCUT2D eigenvalue weighted by Crippen LogP contribution is 2.65. The number of carbonyl (C=O) groups is 1. The predicted molar refractivity (Wildman–Crippen MR) is 107 cm³/mol. The number of hydrogen-bond acceptors (Lipinski definition) is 4. The van der Waals surface area contributed by atoms with Crippen molar-refractivity contribution in [1.29, 1.82) is 0 Å². The van der Waals surface area contributed by atoms with E-state index in [2.05, 4.69) is 0 Å². The van der Waals surface area contributed by atoms with Gasteiger partial charge in [-0.25, -0.2) is 4.79 Å². The van der Waals surface area contributed by atoms with Gasteiger partial charge in [-0.1, -0.05) is 17.7 Å². The molecule has 0 N–H and O–H groups in total. The Morgan fingerprint density at radius 3 is 2.79 bits per heavy atom. The molecule has 2 spiro atoms. The van der Waals surface area contributed by atoms with Gasteiger partial charge in [0.25, 0.3) is 0 Å². The summed E-state index contributed by atoms with van der Waals surface area (Å²) in [4.78, 5) is 13.9. The van der Waals surface area contributed by atoms with Gasteiger partial charge in [0.05, 0.1) is 6.61 Å². The van der Waals surface area contributed by atoms with Gasteiger partial charge >= 0.3 is 6.09 Å². The number of pyridine rings is 1. The number of hydrogen-bond donors (Lipinski definition) is 0. The third kappa shape index (κ3) is 2.66. The van der Waals surface area contributed by atoms with E-state index < -0.39 is 11.2 Å². The fraction of sp³-hybridized carbons (Fsp3) is 0.455. The van der Waals surface area contributed by atoms with Crippen LogP contribution in [-0.2, 0) is 27.9 Å². The van der Waals surface area contributed by atoms with E-state index in [9.17, 15) is 10.0 Å². The lowest BCUT2D eigenvalue weighted by Crippen LogP contribution is -2.47. The predicted octanol–water partition coefficient (Wildman–Crippen LogP) is 3.34. The number of likely N-dealkylation sites (tertiary alicyclic amines) is 1. The maximum Gasteiger partial charge on any atom is 0.409 e. The molecule has 2 aromatic rings. The number of aromatic nitrogens is 1. The highest BCUT2D eigenvalue weighted by atomic mass is 35.5. The number of amides is 1. The SMILES string of the molecule is CCOC(=O)N1CCC2(CC1)OC21c2ccc(Cl)cc2CCc2ccc[n+]([O-])c21. The topological polar surface area (TPSA) is 69.0 Å². The first-order chi connectivity index (χ1) is 14.0. The Hall–Kier alpha value is -2.31. The number of aryl methyl sites for hydroxylation is 2. The Balaban J connectivity index is 1.58. The fourth-order valence-corrected chi connectivity index (χ4v) is 5.37. The third-order valence-corrected chi connectivity index (χ3v) is 6.77. The lowest BCUT2D eigenvalue weighted by molar-refractivity contribution is -0.618. The van der Waals surface area contributed by atoms with Gasteiger partial charge in [-0.05, 0) is 56.4 Å². The molecule has 0 bridgehead atoms. The van der Waals surface area contributed by atoms with Crippen molar-refractivity contribution in [3.05, 3.63) is 69.1 Å². The van der Waals surface area contributed by atoms with E-state index >= 15 is 0 Å². The molecule has 3 aliphatic rings. The van der Waals surface area contributed by atoms with Crippen molar-refractivity contribution in [2.45, 2.75) is 43.8 Å². The van der Waals surface area contributed by atoms with Crippen LogP contribution in [0.4, 0.5) is 4.79 Å². The number of nitrogens with zero attached hydrogens (tertiary/aromatic N) is 2. The normalized spacial score (nSPS) is 24.0. The Morgan fingerprint density at radius 1 is 1.28 bits per heavy atom. The Bertz CT molecular complexity index is 987. The second-order valence-corrected chi connectivity index (χ2v) is 8.41. The molecule has 6 nitrogen and oxygen atoms in total. The molecule has 2 aliphatic heterocycles. The largest absolute Gasteiger partial charge is 0.618 e. The summed E-state index contributed by atoms with van der Waals surface area (Å²) in [5.41, 5.74) is 2.57. The van der Waals surface area contributed by atoms with Crippen LogP contribution in [0.5, 0.6) is 0 Å². The molecule has 2 fully saturated rings. The van der Waals surface area contributed by atoms with Crippen LogP contribution in [0, 0.1) is 5.21 Å². The molecule has 152 valence electrons. The number of halogens is 1. The Kier molecular flexibility index (Phi) is 4.26. The van der Waals surface area contributed by atoms with Gasteiger partial charge in [0, 0.05) is 35.3 Å². The lowest BCUT2D eigenvalue weighted by Gasteiger charge is -2.31. The van der Waals surface area contributed by atoms with Crippen LogP contribution in [0.3, 0.4) is 0 Å². The Morgan fingerprint density at radius 2 is 2.03 bits per heavy atom. The molecule has 1 atom stereocenters. The maximum absolute atomic E-state index is 13.0. The third-order valence-electron chi connectivity index (χ3n) is 6.53. The summed E-state index contributed by atoms with van der Waals surface area (Å²) in [6.45, 7) is 3.26. The fourth-order valence-electron chi connectivity index (χ4n) is 5.18. The van der Waals surface area contributed by atoms with E-state index in [1.807, 2.05) is 24.3 Å². The van der Waals surface area contributed by atoms with Gasteiger partial charge in [0.15, 0.2) is 6.20 Å². The minimum atomic E-state index is -0.789. The summed E-state index contributed by atoms with van der Waals surface area (Å²) in [5.74, 6) is 0. The zero-order valence-electron chi connectivity index (χ0n) is 16.3. The molecule has 1 aromatic heterocycles. The van der Waals surface area contributed by atoms with Crippen LogP contribution >= 0.6 is 11.6 Å². The van der Waals surface area contributed by atoms with Gasteiger partial charge in [0.1, 0.15) is 5.60 Å². The molecule has 2 saturated heterocycles. The van der Waals surface area contributed by atoms with Crippen molar-refractivity contribution in [3.8, 4) is 0 Å². The number of epoxide rings is 1. The van der Waals surface area contributed by atoms with E-state index in [4.69, 9.17) is 21.1 Å². The van der Waals surface area contributed by atoms with Crippen molar-refractivity contribution in [2.75, 3.05) is 19.7 Å². The molecule has 5 rings (SSSR count). The van der Waals surface area contributed by atoms with Crippen molar-refractivity contribution in [1.82, 2.24) is 4.90 Å². The van der Waals surface area contributed by atoms with Crippen LogP contribution in [-0.4, -0.2) is 36.3 Å². The van der Waals surface area contributed by atoms with E-state index in [1.165, 1.54) is 0 Å². The standard InChI is InChI=1S/C22H23ClN2O4/c1-2-28-20(26)24-12-9-21(10-13-24)22(29-21)18-8-7-17(23)14-16(18)6-5-15-4-3-11-25(27)19(15)22/h3-4,7-8,11,14H,2,5-6,9-10,12-13H2,1H3. The second kappa shape index (κ2) is 6.61. The monoisotopic (exact) mass is 414 g/mol. The minimum absolute atomic E-state index is 0.288. The molecule has 29 heavy (non-hydrogen) atoms. The zero-order chi connectivity index (χ0) is 20.2. The quantitative estimate of drug-likeness (QED) is 0.407. The minimum Gasteiger partial charge on any atom is -0.618 e. The molecular weight excluding hydrogens is 392 g/mol. The maximum atomic E-state index is 13.0. The first-order valence-electron chi connectivity index (χ1n) is 10.1. The smallest absolute Gasteiger partial charge is 0.409 e. The summed E-state index contributed by atoms with van der Waals surface area (Å²) in [7, 11) is 0. The van der Waals surface area contributed by atoms with E-state index in [1.54, 1.807) is 24.1 Å². The van der Waals surface area contributed by atoms with Gasteiger partial charge in [-0.15, -0.1) is 0 Å². The van der Waals surface area contributed by atoms with Gasteiger partial charge < -0.3 is 19.6 Å². The number of ether oxygens (including phenoxy) is 2. The second-order valence-electron chi connectivity index (χ2n) is 7.97. The first kappa shape index (κ1) is 18.7. The highest BCUT2D eigenvalue weighted by molar-refractivity contribution is 6.30. The molecule has 0 radical (unpaired) electrons. The van der Waals surface area contributed by atoms with Crippen molar-refractivity contribution < 1.29 is 19.0 Å². The summed E-state index contributed by atoms with van der Waals surface area (Å²) in [6, 6.07) is 9.67. The molecule has 3 heterocycles. The molecule has 7 heteroatoms. The van der Waals surface area contributed by atoms with Crippen LogP contribution in [0.2, 0.25) is 5.02 Å². The molecule has 0 saturated carbocycles. The van der Waals surface area contributed by atoms with E-state index in [-0.39, 0.29) is 6.09 Å². The number of rotatable bonds is 1. The lowest BCUT2D eigenvalue weighted by atomic mass is 9.76. The number of piperidine rings is 1. The average molecular weight is 415 g/mol. The zero-order valence-corrected chi connectivity index (χ0v) is 17.1. The molecule has 1 unspecified atom stereocenters. The van der Waals surface area contributed by atoms with Crippen LogP contribution in [0.15, 0.2) is 36.5 Å². The van der Waals surface area contributed by atoms with Crippen molar-refractivity contribution in [2.24, 2.45) is 0 Å². The van der Waals surface area contributed by atoms with Crippen LogP contribution in [0.25, 0.3) is 0 Å². The molecule has 1 amide bonds. The highest BCUT2D eigenvalue weighted by Gasteiger charge is 2.77. The molecular formula is C22H23ClN2O4. The first-order valence-corrected chi connectivity index (χ1v) is 10.5. The average Bonchev–Trinajstić information content (AvgIpc) is 3.37. The van der Waals surface area contributed by atoms with E-state index in [0.717, 1.165) is 34.3 Å². The molecule has 1 aromatic carbocycles. The summed E-state index contributed by atoms with van der Waals surface area (Å²) in [6.07, 6.45) is 4.14. The number of carbonyl (C=O) groups excluding carboxylic acids is 1. The van der Waals surface area contributed by atoms with Crippen LogP contribution in [0.1, 0.15) is 42.1 Å². The summed E-state index contributed by atoms with van der Waals surface area (Å²) in [5, 5.41) is 13.6. The summed E-state index contributed by atoms with van der Waals surface area (Å²) < 4.78 is 12.7. The summed E-state index contributed by atoms with van der Waals surface area (Å²) >= 11 is 6.28. The number of fused-ring (bicyclic) bond motifs is 5. The van der Waals surface area contributed by atoms with Crippen molar-refractivity contribution >= 4 is 17.7 Å². The van der Waals surface area contributed by atoms with E-state index in [0.29, 0.717) is 43.3 Å². The molecule has 1 aliphatic carbocycles. The van der Waals surface area contributed by atoms with Crippen molar-refractivity contribution in [3.63, 3.8) is 0 Å². The van der Waals surface area contributed by atoms with Gasteiger partial charge in [0.2, 0.25) is 11.3 Å². The van der Waals surface area contributed by atoms with Gasteiger partial charge in [-0.3, -0.25) is 0 Å². The van der Waals surface area contributed by atoms with Gasteiger partial charge in [-0.2, -0.15) is 4.73 Å².